The summed E-state index contributed by atoms with van der Waals surface area (Å²) in [5.41, 5.74) is 5.14. The van der Waals surface area contributed by atoms with Gasteiger partial charge in [0.1, 0.15) is 6.61 Å². The third kappa shape index (κ3) is 5.54. The summed E-state index contributed by atoms with van der Waals surface area (Å²) in [6.07, 6.45) is 1.40. The third-order valence-electron chi connectivity index (χ3n) is 3.11. The molecule has 0 aromatic carbocycles. The zero-order valence-corrected chi connectivity index (χ0v) is 11.7. The Kier molecular flexibility index (Phi) is 6.96. The van der Waals surface area contributed by atoms with E-state index in [1.807, 2.05) is 0 Å². The molecule has 8 nitrogen and oxygen atoms in total. The lowest BCUT2D eigenvalue weighted by molar-refractivity contribution is -0.133. The molecule has 0 aromatic rings. The topological polar surface area (TPSA) is 114 Å². The molecule has 1 heterocycles. The smallest absolute Gasteiger partial charge is 0.246 e. The lowest BCUT2D eigenvalue weighted by Gasteiger charge is -2.32. The Hall–Kier alpha value is -1.67. The number of carbonyl (C=O) groups excluding carboxylic acids is 3. The van der Waals surface area contributed by atoms with Crippen molar-refractivity contribution in [1.29, 1.82) is 0 Å². The highest BCUT2D eigenvalue weighted by molar-refractivity contribution is 5.85. The number of hydrogen-bond acceptors (Lipinski definition) is 5. The van der Waals surface area contributed by atoms with Gasteiger partial charge in [-0.1, -0.05) is 0 Å². The fourth-order valence-electron chi connectivity index (χ4n) is 2.03. The maximum atomic E-state index is 11.8. The van der Waals surface area contributed by atoms with Crippen molar-refractivity contribution in [2.45, 2.75) is 18.9 Å². The van der Waals surface area contributed by atoms with E-state index in [-0.39, 0.29) is 43.5 Å². The maximum absolute atomic E-state index is 11.8. The van der Waals surface area contributed by atoms with Gasteiger partial charge in [-0.25, -0.2) is 0 Å². The second kappa shape index (κ2) is 8.49. The van der Waals surface area contributed by atoms with Crippen LogP contribution in [0.25, 0.3) is 0 Å². The Balaban J connectivity index is 2.25. The van der Waals surface area contributed by atoms with Crippen LogP contribution in [-0.4, -0.2) is 68.6 Å². The molecule has 0 saturated carbocycles. The summed E-state index contributed by atoms with van der Waals surface area (Å²) in [7, 11) is 1.47. The maximum Gasteiger partial charge on any atom is 0.246 e. The first kappa shape index (κ1) is 16.4. The lowest BCUT2D eigenvalue weighted by atomic mass is 10.0. The van der Waals surface area contributed by atoms with Crippen molar-refractivity contribution >= 4 is 17.7 Å². The second-order valence-electron chi connectivity index (χ2n) is 4.64. The molecule has 114 valence electrons. The number of nitrogens with one attached hydrogen (secondary N) is 2. The highest BCUT2D eigenvalue weighted by Crippen LogP contribution is 2.10. The molecule has 1 rings (SSSR count). The van der Waals surface area contributed by atoms with Crippen molar-refractivity contribution in [1.82, 2.24) is 15.5 Å². The molecule has 0 unspecified atom stereocenters. The van der Waals surface area contributed by atoms with Gasteiger partial charge in [-0.15, -0.1) is 0 Å². The van der Waals surface area contributed by atoms with Crippen molar-refractivity contribution in [3.63, 3.8) is 0 Å². The van der Waals surface area contributed by atoms with E-state index in [2.05, 4.69) is 10.6 Å². The summed E-state index contributed by atoms with van der Waals surface area (Å²) in [5.74, 6) is -0.624. The minimum Gasteiger partial charge on any atom is -0.375 e. The lowest BCUT2D eigenvalue weighted by Crippen LogP contribution is -2.49. The molecular weight excluding hydrogens is 264 g/mol. The quantitative estimate of drug-likeness (QED) is 0.513. The Morgan fingerprint density at radius 2 is 1.90 bits per heavy atom. The summed E-state index contributed by atoms with van der Waals surface area (Å²) in [4.78, 5) is 35.8. The number of ether oxygens (including phenoxy) is 1. The van der Waals surface area contributed by atoms with Crippen LogP contribution >= 0.6 is 0 Å². The molecule has 3 amide bonds. The van der Waals surface area contributed by atoms with E-state index in [4.69, 9.17) is 10.5 Å². The fourth-order valence-corrected chi connectivity index (χ4v) is 2.03. The number of amides is 3. The van der Waals surface area contributed by atoms with Crippen molar-refractivity contribution in [2.75, 3.05) is 39.9 Å². The molecule has 4 N–H and O–H groups in total. The van der Waals surface area contributed by atoms with Crippen LogP contribution < -0.4 is 16.4 Å². The van der Waals surface area contributed by atoms with Gasteiger partial charge >= 0.3 is 0 Å². The molecule has 1 aliphatic rings. The minimum atomic E-state index is -0.347. The van der Waals surface area contributed by atoms with Gasteiger partial charge in [0, 0.05) is 26.2 Å². The first-order chi connectivity index (χ1) is 9.56. The van der Waals surface area contributed by atoms with Gasteiger partial charge in [-0.05, 0) is 12.8 Å². The van der Waals surface area contributed by atoms with Crippen molar-refractivity contribution in [2.24, 2.45) is 5.73 Å². The Bertz CT molecular complexity index is 353. The van der Waals surface area contributed by atoms with E-state index in [1.54, 1.807) is 4.90 Å². The molecule has 20 heavy (non-hydrogen) atoms. The van der Waals surface area contributed by atoms with Crippen molar-refractivity contribution < 1.29 is 19.1 Å². The molecule has 1 aliphatic heterocycles. The van der Waals surface area contributed by atoms with Crippen LogP contribution in [0.3, 0.4) is 0 Å². The third-order valence-corrected chi connectivity index (χ3v) is 3.11. The van der Waals surface area contributed by atoms with Crippen molar-refractivity contribution in [3.8, 4) is 0 Å². The minimum absolute atomic E-state index is 0.0310. The molecule has 1 saturated heterocycles. The summed E-state index contributed by atoms with van der Waals surface area (Å²) in [6, 6.07) is 0.0698. The van der Waals surface area contributed by atoms with Gasteiger partial charge in [0.25, 0.3) is 0 Å². The number of likely N-dealkylation sites (tertiary alicyclic amines) is 1. The molecule has 8 heteroatoms. The van der Waals surface area contributed by atoms with Crippen LogP contribution in [0, 0.1) is 0 Å². The molecular formula is C12H22N4O4. The number of piperidine rings is 1. The van der Waals surface area contributed by atoms with Gasteiger partial charge in [0.05, 0.1) is 13.1 Å². The summed E-state index contributed by atoms with van der Waals surface area (Å²) >= 11 is 0. The zero-order valence-electron chi connectivity index (χ0n) is 11.7. The molecule has 0 aliphatic carbocycles. The SMILES string of the molecule is COCC(=O)NC1CCN(C(=O)CNC(=O)CN)CC1. The van der Waals surface area contributed by atoms with Crippen molar-refractivity contribution in [3.05, 3.63) is 0 Å². The predicted octanol–water partition coefficient (Wildman–Crippen LogP) is -2.19. The van der Waals surface area contributed by atoms with E-state index in [1.165, 1.54) is 7.11 Å². The monoisotopic (exact) mass is 286 g/mol. The molecule has 0 spiro atoms. The number of nitrogens with two attached hydrogens (primary N) is 1. The number of hydrogen-bond donors (Lipinski definition) is 3. The van der Waals surface area contributed by atoms with E-state index in [0.29, 0.717) is 25.9 Å². The van der Waals surface area contributed by atoms with Crippen LogP contribution in [0.4, 0.5) is 0 Å². The number of methoxy groups -OCH3 is 1. The van der Waals surface area contributed by atoms with Crippen LogP contribution in [0.1, 0.15) is 12.8 Å². The van der Waals surface area contributed by atoms with Crippen LogP contribution in [0.2, 0.25) is 0 Å². The summed E-state index contributed by atoms with van der Waals surface area (Å²) < 4.78 is 4.74. The van der Waals surface area contributed by atoms with Crippen LogP contribution in [-0.2, 0) is 19.1 Å². The van der Waals surface area contributed by atoms with E-state index in [0.717, 1.165) is 0 Å². The summed E-state index contributed by atoms with van der Waals surface area (Å²) in [5, 5.41) is 5.30. The van der Waals surface area contributed by atoms with Crippen LogP contribution in [0.5, 0.6) is 0 Å². The Morgan fingerprint density at radius 3 is 2.45 bits per heavy atom. The zero-order chi connectivity index (χ0) is 15.0. The number of nitrogens with zero attached hydrogens (tertiary/aromatic N) is 1. The number of rotatable bonds is 6. The van der Waals surface area contributed by atoms with Gasteiger partial charge in [-0.2, -0.15) is 0 Å². The molecule has 0 bridgehead atoms. The first-order valence-corrected chi connectivity index (χ1v) is 6.59. The Labute approximate surface area is 118 Å². The highest BCUT2D eigenvalue weighted by atomic mass is 16.5. The summed E-state index contributed by atoms with van der Waals surface area (Å²) in [6.45, 7) is 1.02. The van der Waals surface area contributed by atoms with E-state index < -0.39 is 0 Å². The fraction of sp³-hybridized carbons (Fsp3) is 0.750. The van der Waals surface area contributed by atoms with Gasteiger partial charge in [0.2, 0.25) is 17.7 Å². The molecule has 0 aromatic heterocycles. The van der Waals surface area contributed by atoms with Crippen LogP contribution in [0.15, 0.2) is 0 Å². The molecule has 0 radical (unpaired) electrons. The second-order valence-corrected chi connectivity index (χ2v) is 4.64. The first-order valence-electron chi connectivity index (χ1n) is 6.59. The van der Waals surface area contributed by atoms with Gasteiger partial charge < -0.3 is 26.0 Å². The average Bonchev–Trinajstić information content (AvgIpc) is 2.45. The normalized spacial score (nSPS) is 15.8. The van der Waals surface area contributed by atoms with Gasteiger partial charge in [0.15, 0.2) is 0 Å². The average molecular weight is 286 g/mol. The molecule has 1 fully saturated rings. The van der Waals surface area contributed by atoms with E-state index in [9.17, 15) is 14.4 Å². The molecule has 0 atom stereocenters. The number of carbonyl (C=O) groups is 3. The predicted molar refractivity (Wildman–Crippen MR) is 71.7 cm³/mol. The van der Waals surface area contributed by atoms with E-state index >= 15 is 0 Å². The van der Waals surface area contributed by atoms with Gasteiger partial charge in [-0.3, -0.25) is 14.4 Å². The Morgan fingerprint density at radius 1 is 1.25 bits per heavy atom. The standard InChI is InChI=1S/C12H22N4O4/c1-20-8-11(18)15-9-2-4-16(5-3-9)12(19)7-14-10(17)6-13/h9H,2-8,13H2,1H3,(H,14,17)(H,15,18). The largest absolute Gasteiger partial charge is 0.375 e. The highest BCUT2D eigenvalue weighted by Gasteiger charge is 2.23.